The molecule has 1 heterocycles. The third-order valence-corrected chi connectivity index (χ3v) is 2.74. The fraction of sp³-hybridized carbons (Fsp3) is 0.727. The second kappa shape index (κ2) is 4.02. The largest absolute Gasteiger partial charge is 0.332 e. The first-order valence-electron chi connectivity index (χ1n) is 4.93. The lowest BCUT2D eigenvalue weighted by molar-refractivity contribution is -0.128. The summed E-state index contributed by atoms with van der Waals surface area (Å²) < 4.78 is 0. The zero-order chi connectivity index (χ0) is 10.8. The molecular formula is C11H18N2O. The summed E-state index contributed by atoms with van der Waals surface area (Å²) in [6.45, 7) is 5.75. The monoisotopic (exact) mass is 194 g/mol. The first kappa shape index (κ1) is 11.1. The zero-order valence-corrected chi connectivity index (χ0v) is 9.42. The summed E-state index contributed by atoms with van der Waals surface area (Å²) in [5, 5.41) is 0. The zero-order valence-electron chi connectivity index (χ0n) is 9.42. The molecule has 0 aromatic carbocycles. The Hall–Kier alpha value is -1.01. The van der Waals surface area contributed by atoms with Crippen molar-refractivity contribution in [3.63, 3.8) is 0 Å². The maximum absolute atomic E-state index is 11.4. The second-order valence-corrected chi connectivity index (χ2v) is 4.35. The third kappa shape index (κ3) is 2.49. The Balaban J connectivity index is 2.57. The summed E-state index contributed by atoms with van der Waals surface area (Å²) in [6, 6.07) is 0. The number of hydrogen-bond acceptors (Lipinski definition) is 2. The van der Waals surface area contributed by atoms with Gasteiger partial charge in [-0.05, 0) is 40.3 Å². The van der Waals surface area contributed by atoms with Crippen LogP contribution in [0, 0.1) is 11.8 Å². The van der Waals surface area contributed by atoms with Crippen molar-refractivity contribution in [1.82, 2.24) is 9.80 Å². The molecule has 1 rings (SSSR count). The van der Waals surface area contributed by atoms with Gasteiger partial charge in [0.2, 0.25) is 0 Å². The lowest BCUT2D eigenvalue weighted by Gasteiger charge is -2.29. The highest BCUT2D eigenvalue weighted by Gasteiger charge is 2.20. The Morgan fingerprint density at radius 3 is 2.29 bits per heavy atom. The summed E-state index contributed by atoms with van der Waals surface area (Å²) in [5.74, 6) is 5.66. The van der Waals surface area contributed by atoms with Gasteiger partial charge >= 0.3 is 0 Å². The minimum absolute atomic E-state index is 0.0359. The average molecular weight is 194 g/mol. The standard InChI is InChI=1S/C11H18N2O/c1-11(2,12(3)4)7-6-10(14)13-8-5-9-13/h5,8-9H2,1-4H3. The molecular weight excluding hydrogens is 176 g/mol. The van der Waals surface area contributed by atoms with Gasteiger partial charge in [0, 0.05) is 13.1 Å². The van der Waals surface area contributed by atoms with E-state index in [1.54, 1.807) is 4.90 Å². The van der Waals surface area contributed by atoms with E-state index in [2.05, 4.69) is 11.8 Å². The van der Waals surface area contributed by atoms with Crippen LogP contribution in [0.15, 0.2) is 0 Å². The van der Waals surface area contributed by atoms with E-state index in [0.717, 1.165) is 19.5 Å². The smallest absolute Gasteiger partial charge is 0.298 e. The van der Waals surface area contributed by atoms with Gasteiger partial charge < -0.3 is 4.90 Å². The molecule has 78 valence electrons. The van der Waals surface area contributed by atoms with Gasteiger partial charge in [-0.1, -0.05) is 5.92 Å². The van der Waals surface area contributed by atoms with Crippen molar-refractivity contribution in [2.45, 2.75) is 25.8 Å². The van der Waals surface area contributed by atoms with Crippen LogP contribution in [0.4, 0.5) is 0 Å². The molecule has 1 amide bonds. The average Bonchev–Trinajstić information content (AvgIpc) is 1.97. The number of hydrogen-bond donors (Lipinski definition) is 0. The molecule has 0 bridgehead atoms. The molecule has 0 radical (unpaired) electrons. The van der Waals surface area contributed by atoms with E-state index in [0.29, 0.717) is 0 Å². The fourth-order valence-corrected chi connectivity index (χ4v) is 0.917. The molecule has 0 atom stereocenters. The Labute approximate surface area is 86.1 Å². The predicted octanol–water partition coefficient (Wildman–Crippen LogP) is 0.562. The van der Waals surface area contributed by atoms with Crippen LogP contribution in [-0.2, 0) is 4.79 Å². The van der Waals surface area contributed by atoms with E-state index in [4.69, 9.17) is 0 Å². The molecule has 14 heavy (non-hydrogen) atoms. The number of likely N-dealkylation sites (tertiary alicyclic amines) is 1. The van der Waals surface area contributed by atoms with Crippen LogP contribution in [-0.4, -0.2) is 48.4 Å². The van der Waals surface area contributed by atoms with Crippen molar-refractivity contribution < 1.29 is 4.79 Å². The fourth-order valence-electron chi connectivity index (χ4n) is 0.917. The van der Waals surface area contributed by atoms with Crippen molar-refractivity contribution in [3.8, 4) is 11.8 Å². The van der Waals surface area contributed by atoms with E-state index >= 15 is 0 Å². The lowest BCUT2D eigenvalue weighted by atomic mass is 10.1. The Bertz CT molecular complexity index is 279. The Morgan fingerprint density at radius 2 is 1.93 bits per heavy atom. The van der Waals surface area contributed by atoms with Crippen molar-refractivity contribution in [1.29, 1.82) is 0 Å². The SMILES string of the molecule is CN(C)C(C)(C)C#CC(=O)N1CCC1. The van der Waals surface area contributed by atoms with Crippen LogP contribution in [0.25, 0.3) is 0 Å². The minimum Gasteiger partial charge on any atom is -0.332 e. The van der Waals surface area contributed by atoms with Gasteiger partial charge in [0.1, 0.15) is 0 Å². The highest BCUT2D eigenvalue weighted by Crippen LogP contribution is 2.08. The number of carbonyl (C=O) groups excluding carboxylic acids is 1. The molecule has 0 N–H and O–H groups in total. The van der Waals surface area contributed by atoms with Crippen molar-refractivity contribution >= 4 is 5.91 Å². The van der Waals surface area contributed by atoms with E-state index in [-0.39, 0.29) is 11.4 Å². The normalized spacial score (nSPS) is 15.9. The minimum atomic E-state index is -0.236. The van der Waals surface area contributed by atoms with Crippen LogP contribution >= 0.6 is 0 Å². The summed E-state index contributed by atoms with van der Waals surface area (Å²) >= 11 is 0. The molecule has 3 nitrogen and oxygen atoms in total. The van der Waals surface area contributed by atoms with Crippen LogP contribution < -0.4 is 0 Å². The van der Waals surface area contributed by atoms with Crippen molar-refractivity contribution in [3.05, 3.63) is 0 Å². The first-order chi connectivity index (χ1) is 6.43. The summed E-state index contributed by atoms with van der Waals surface area (Å²) in [5.41, 5.74) is -0.236. The van der Waals surface area contributed by atoms with Gasteiger partial charge in [-0.3, -0.25) is 9.69 Å². The maximum atomic E-state index is 11.4. The maximum Gasteiger partial charge on any atom is 0.298 e. The number of carbonyl (C=O) groups is 1. The van der Waals surface area contributed by atoms with E-state index in [1.807, 2.05) is 32.8 Å². The predicted molar refractivity (Wildman–Crippen MR) is 56.7 cm³/mol. The van der Waals surface area contributed by atoms with Gasteiger partial charge in [-0.2, -0.15) is 0 Å². The quantitative estimate of drug-likeness (QED) is 0.570. The van der Waals surface area contributed by atoms with Gasteiger partial charge in [0.25, 0.3) is 5.91 Å². The van der Waals surface area contributed by atoms with Gasteiger partial charge in [-0.15, -0.1) is 0 Å². The Kier molecular flexibility index (Phi) is 3.17. The second-order valence-electron chi connectivity index (χ2n) is 4.35. The van der Waals surface area contributed by atoms with Crippen molar-refractivity contribution in [2.75, 3.05) is 27.2 Å². The van der Waals surface area contributed by atoms with Gasteiger partial charge in [0.15, 0.2) is 0 Å². The summed E-state index contributed by atoms with van der Waals surface area (Å²) in [4.78, 5) is 15.2. The van der Waals surface area contributed by atoms with Gasteiger partial charge in [0.05, 0.1) is 5.54 Å². The highest BCUT2D eigenvalue weighted by molar-refractivity contribution is 5.94. The van der Waals surface area contributed by atoms with Crippen LogP contribution in [0.3, 0.4) is 0 Å². The molecule has 0 unspecified atom stereocenters. The van der Waals surface area contributed by atoms with E-state index in [9.17, 15) is 4.79 Å². The van der Waals surface area contributed by atoms with Crippen LogP contribution in [0.5, 0.6) is 0 Å². The molecule has 0 spiro atoms. The molecule has 0 saturated carbocycles. The summed E-state index contributed by atoms with van der Waals surface area (Å²) in [7, 11) is 3.92. The summed E-state index contributed by atoms with van der Waals surface area (Å²) in [6.07, 6.45) is 1.12. The topological polar surface area (TPSA) is 23.6 Å². The molecule has 3 heteroatoms. The van der Waals surface area contributed by atoms with Crippen LogP contribution in [0.1, 0.15) is 20.3 Å². The number of amides is 1. The Morgan fingerprint density at radius 1 is 1.36 bits per heavy atom. The third-order valence-electron chi connectivity index (χ3n) is 2.74. The number of nitrogens with zero attached hydrogens (tertiary/aromatic N) is 2. The van der Waals surface area contributed by atoms with Crippen molar-refractivity contribution in [2.24, 2.45) is 0 Å². The molecule has 1 aliphatic heterocycles. The molecule has 0 aliphatic carbocycles. The first-order valence-corrected chi connectivity index (χ1v) is 4.93. The van der Waals surface area contributed by atoms with Gasteiger partial charge in [-0.25, -0.2) is 0 Å². The molecule has 1 fully saturated rings. The molecule has 0 aromatic rings. The van der Waals surface area contributed by atoms with E-state index < -0.39 is 0 Å². The van der Waals surface area contributed by atoms with E-state index in [1.165, 1.54) is 0 Å². The number of rotatable bonds is 1. The molecule has 1 saturated heterocycles. The van der Waals surface area contributed by atoms with Crippen LogP contribution in [0.2, 0.25) is 0 Å². The molecule has 0 aromatic heterocycles. The highest BCUT2D eigenvalue weighted by atomic mass is 16.2. The molecule has 1 aliphatic rings. The lowest BCUT2D eigenvalue weighted by Crippen LogP contribution is -2.42.